The largest absolute Gasteiger partial charge is 0.458 e. The highest BCUT2D eigenvalue weighted by atomic mass is 16.5. The number of hydrogen-bond acceptors (Lipinski definition) is 5. The third-order valence-corrected chi connectivity index (χ3v) is 17.5. The van der Waals surface area contributed by atoms with Gasteiger partial charge in [-0.05, 0) is 123 Å². The number of nitrogens with zero attached hydrogens (tertiary/aromatic N) is 4. The smallest absolute Gasteiger partial charge is 0.256 e. The van der Waals surface area contributed by atoms with E-state index in [9.17, 15) is 5.48 Å². The highest BCUT2D eigenvalue weighted by Gasteiger charge is 2.48. The van der Waals surface area contributed by atoms with Crippen molar-refractivity contribution in [3.8, 4) is 50.9 Å². The van der Waals surface area contributed by atoms with Crippen LogP contribution in [0, 0.1) is 0 Å². The van der Waals surface area contributed by atoms with Gasteiger partial charge < -0.3 is 28.7 Å². The topological polar surface area (TPSA) is 33.1 Å². The first-order chi connectivity index (χ1) is 46.0. The van der Waals surface area contributed by atoms with Crippen molar-refractivity contribution in [2.45, 2.75) is 0 Å². The molecule has 86 heavy (non-hydrogen) atoms. The summed E-state index contributed by atoms with van der Waals surface area (Å²) < 4.78 is 89.9. The number of anilines is 9. The highest BCUT2D eigenvalue weighted by Crippen LogP contribution is 2.53. The Bertz CT molecular complexity index is 5360. The van der Waals surface area contributed by atoms with Gasteiger partial charge in [-0.25, -0.2) is 0 Å². The lowest BCUT2D eigenvalue weighted by Crippen LogP contribution is -2.63. The predicted molar refractivity (Wildman–Crippen MR) is 358 cm³/mol. The van der Waals surface area contributed by atoms with Crippen LogP contribution in [0.4, 0.5) is 51.2 Å². The molecule has 13 aromatic carbocycles. The summed E-state index contributed by atoms with van der Waals surface area (Å²) in [5, 5.41) is -0.0221. The Morgan fingerprint density at radius 1 is 0.337 bits per heavy atom. The summed E-state index contributed by atoms with van der Waals surface area (Å²) in [6.07, 6.45) is 0. The van der Waals surface area contributed by atoms with E-state index < -0.39 is 43.0 Å². The van der Waals surface area contributed by atoms with Crippen LogP contribution in [-0.2, 0) is 0 Å². The van der Waals surface area contributed by atoms with Crippen molar-refractivity contribution >= 4 is 119 Å². The summed E-state index contributed by atoms with van der Waals surface area (Å²) in [5.41, 5.74) is 18.3. The van der Waals surface area contributed by atoms with Crippen LogP contribution >= 0.6 is 0 Å². The fourth-order valence-corrected chi connectivity index (χ4v) is 14.0. The van der Waals surface area contributed by atoms with Gasteiger partial charge in [0.25, 0.3) is 13.4 Å². The molecule has 8 heteroatoms. The molecule has 0 fully saturated rings. The molecule has 400 valence electrons. The summed E-state index contributed by atoms with van der Waals surface area (Å²) in [6, 6.07) is 84.7. The van der Waals surface area contributed by atoms with Gasteiger partial charge in [-0.15, -0.1) is 0 Å². The van der Waals surface area contributed by atoms with Crippen molar-refractivity contribution in [1.82, 2.24) is 4.57 Å². The van der Waals surface area contributed by atoms with Crippen LogP contribution in [-0.4, -0.2) is 18.0 Å². The number of aromatic nitrogens is 1. The molecule has 4 aliphatic rings. The monoisotopic (exact) mass is 1100 g/mol. The van der Waals surface area contributed by atoms with Crippen LogP contribution in [0.1, 0.15) is 11.0 Å². The van der Waals surface area contributed by atoms with Crippen molar-refractivity contribution in [2.75, 3.05) is 14.7 Å². The molecular weight excluding hydrogens is 1050 g/mol. The zero-order valence-corrected chi connectivity index (χ0v) is 46.0. The summed E-state index contributed by atoms with van der Waals surface area (Å²) in [4.78, 5) is 7.02. The van der Waals surface area contributed by atoms with E-state index in [1.165, 1.54) is 0 Å². The maximum atomic E-state index is 9.60. The molecule has 14 aromatic rings. The second-order valence-corrected chi connectivity index (χ2v) is 22.1. The average molecular weight is 1100 g/mol. The van der Waals surface area contributed by atoms with Crippen LogP contribution in [0.3, 0.4) is 0 Å². The van der Waals surface area contributed by atoms with Crippen LogP contribution in [0.5, 0.6) is 23.0 Å². The van der Waals surface area contributed by atoms with E-state index in [0.29, 0.717) is 22.9 Å². The van der Waals surface area contributed by atoms with Crippen LogP contribution < -0.4 is 57.0 Å². The minimum Gasteiger partial charge on any atom is -0.458 e. The molecule has 0 radical (unpaired) electrons. The van der Waals surface area contributed by atoms with Crippen molar-refractivity contribution in [1.29, 1.82) is 0 Å². The van der Waals surface area contributed by atoms with Gasteiger partial charge in [-0.3, -0.25) is 0 Å². The predicted octanol–water partition coefficient (Wildman–Crippen LogP) is 16.4. The Balaban J connectivity index is 0.992. The minimum absolute atomic E-state index is 0.0110. The number of ether oxygens (including phenoxy) is 2. The number of hydrogen-bond donors (Lipinski definition) is 0. The first-order valence-electron chi connectivity index (χ1n) is 32.9. The molecule has 1 aromatic heterocycles. The van der Waals surface area contributed by atoms with E-state index in [1.54, 1.807) is 4.57 Å². The molecule has 5 heterocycles. The lowest BCUT2D eigenvalue weighted by Gasteiger charge is -2.45. The lowest BCUT2D eigenvalue weighted by molar-refractivity contribution is 0.487. The van der Waals surface area contributed by atoms with Gasteiger partial charge in [-0.1, -0.05) is 212 Å². The molecule has 0 saturated carbocycles. The lowest BCUT2D eigenvalue weighted by atomic mass is 9.31. The second kappa shape index (κ2) is 19.2. The highest BCUT2D eigenvalue weighted by molar-refractivity contribution is 7.02. The van der Waals surface area contributed by atoms with Gasteiger partial charge in [0.15, 0.2) is 0 Å². The molecule has 4 aliphatic heterocycles. The second-order valence-electron chi connectivity index (χ2n) is 22.1. The number of fused-ring (bicyclic) bond motifs is 11. The summed E-state index contributed by atoms with van der Waals surface area (Å²) in [5.74, 6) is 2.57. The normalized spacial score (nSPS) is 14.3. The van der Waals surface area contributed by atoms with E-state index in [1.807, 2.05) is 78.9 Å². The van der Waals surface area contributed by atoms with Gasteiger partial charge in [0.05, 0.1) is 39.1 Å². The third kappa shape index (κ3) is 7.29. The van der Waals surface area contributed by atoms with E-state index >= 15 is 0 Å². The van der Waals surface area contributed by atoms with Crippen LogP contribution in [0.2, 0.25) is 0 Å². The first-order valence-corrected chi connectivity index (χ1v) is 28.9. The van der Waals surface area contributed by atoms with Gasteiger partial charge in [0.1, 0.15) is 23.0 Å². The molecule has 0 spiro atoms. The maximum absolute atomic E-state index is 9.60. The van der Waals surface area contributed by atoms with Gasteiger partial charge in [-0.2, -0.15) is 0 Å². The summed E-state index contributed by atoms with van der Waals surface area (Å²) in [6.45, 7) is -0.810. The van der Waals surface area contributed by atoms with Crippen molar-refractivity contribution in [3.05, 3.63) is 303 Å². The van der Waals surface area contributed by atoms with Gasteiger partial charge in [0, 0.05) is 73.8 Å². The molecule has 0 atom stereocenters. The van der Waals surface area contributed by atoms with Crippen LogP contribution in [0.15, 0.2) is 303 Å². The van der Waals surface area contributed by atoms with E-state index in [-0.39, 0.29) is 40.6 Å². The SMILES string of the molecule is [2H]c1c([2H])c([2H])c2c(c1[2H])c1c([2H])c([2H])c([2H])c([2H])c1n2-c1cc2c3c(c1)N(c1ccccc1)c1cc4c(cc1B3c1ccccc1O2)B1c2ccccc2Oc2cc(N(c3ccccc3)c3ccccc3)cc(c21)N4c1c(-c2ccccc2)cccc1-c1ccccc1. The molecule has 6 nitrogen and oxygen atoms in total. The molecule has 0 amide bonds. The molecule has 0 aliphatic carbocycles. The Hall–Kier alpha value is -11.2. The average Bonchev–Trinajstić information content (AvgIpc) is 0.994. The number of para-hydroxylation sites is 8. The molecule has 0 bridgehead atoms. The molecule has 0 unspecified atom stereocenters. The summed E-state index contributed by atoms with van der Waals surface area (Å²) in [7, 11) is 0. The van der Waals surface area contributed by atoms with E-state index in [2.05, 4.69) is 191 Å². The fraction of sp³-hybridized carbons (Fsp3) is 0. The quantitative estimate of drug-likeness (QED) is 0.142. The van der Waals surface area contributed by atoms with E-state index in [0.717, 1.165) is 112 Å². The molecule has 18 rings (SSSR count). The maximum Gasteiger partial charge on any atom is 0.256 e. The standard InChI is InChI=1S/C78H50B2N4O2/c1-6-25-51(26-7-1)58-37-24-38-59(52-27-8-2-9-28-52)78(58)84-69-50-68-64(49-65(69)80-63-40-19-23-44-73(63)85-74-47-56(45-71(84)77(74)80)81(53-29-10-3-11-30-53)54-31-12-4-13-32-54)79-62-39-18-22-43-72(62)86-75-48-57(46-70(76(75)79)82(68)55-33-14-5-15-34-55)83-66-41-20-16-35-60(66)61-36-17-21-42-67(61)83/h1-50H/i16D,17D,20D,21D,35D,36D,41D,42D. The van der Waals surface area contributed by atoms with E-state index in [4.69, 9.17) is 15.0 Å². The first kappa shape index (κ1) is 40.9. The number of rotatable bonds is 8. The Morgan fingerprint density at radius 3 is 1.36 bits per heavy atom. The molecule has 0 saturated heterocycles. The molecular formula is C78H50B2N4O2. The fourth-order valence-electron chi connectivity index (χ4n) is 14.0. The number of benzene rings is 13. The summed E-state index contributed by atoms with van der Waals surface area (Å²) >= 11 is 0. The van der Waals surface area contributed by atoms with Gasteiger partial charge >= 0.3 is 0 Å². The van der Waals surface area contributed by atoms with Crippen molar-refractivity contribution < 1.29 is 20.4 Å². The minimum atomic E-state index is -0.511. The Labute approximate surface area is 510 Å². The molecule has 0 N–H and O–H groups in total. The Kier molecular flexibility index (Phi) is 9.12. The Morgan fingerprint density at radius 2 is 0.802 bits per heavy atom. The van der Waals surface area contributed by atoms with Gasteiger partial charge in [0.2, 0.25) is 0 Å². The zero-order chi connectivity index (χ0) is 63.4. The third-order valence-electron chi connectivity index (χ3n) is 17.5. The van der Waals surface area contributed by atoms with Crippen molar-refractivity contribution in [3.63, 3.8) is 0 Å². The van der Waals surface area contributed by atoms with Crippen LogP contribution in [0.25, 0.3) is 49.7 Å². The zero-order valence-electron chi connectivity index (χ0n) is 54.0. The van der Waals surface area contributed by atoms with Crippen molar-refractivity contribution in [2.24, 2.45) is 0 Å².